The van der Waals surface area contributed by atoms with Crippen molar-refractivity contribution in [3.8, 4) is 0 Å². The molecule has 0 unspecified atom stereocenters. The zero-order valence-corrected chi connectivity index (χ0v) is 11.0. The van der Waals surface area contributed by atoms with E-state index < -0.39 is 0 Å². The number of nitrogens with zero attached hydrogens (tertiary/aromatic N) is 1. The summed E-state index contributed by atoms with van der Waals surface area (Å²) in [6.45, 7) is 4.25. The maximum Gasteiger partial charge on any atom is 0.254 e. The minimum atomic E-state index is -0.0349. The number of ether oxygens (including phenoxy) is 1. The van der Waals surface area contributed by atoms with Gasteiger partial charge in [-0.25, -0.2) is 0 Å². The maximum atomic E-state index is 12.2. The van der Waals surface area contributed by atoms with Crippen LogP contribution in [0.1, 0.15) is 23.7 Å². The minimum Gasteiger partial charge on any atom is -0.378 e. The van der Waals surface area contributed by atoms with Gasteiger partial charge >= 0.3 is 0 Å². The second-order valence-electron chi connectivity index (χ2n) is 4.38. The van der Waals surface area contributed by atoms with Crippen molar-refractivity contribution in [1.82, 2.24) is 4.90 Å². The summed E-state index contributed by atoms with van der Waals surface area (Å²) in [5.74, 6) is -0.0241. The number of anilines is 1. The number of hydrogen-bond acceptors (Lipinski definition) is 3. The van der Waals surface area contributed by atoms with Crippen LogP contribution >= 0.6 is 0 Å². The summed E-state index contributed by atoms with van der Waals surface area (Å²) in [6, 6.07) is 6.98. The topological polar surface area (TPSA) is 58.6 Å². The fraction of sp³-hybridized carbons (Fsp3) is 0.429. The Morgan fingerprint density at radius 3 is 2.42 bits per heavy atom. The third kappa shape index (κ3) is 3.54. The van der Waals surface area contributed by atoms with Gasteiger partial charge in [0.05, 0.1) is 13.2 Å². The first-order valence-corrected chi connectivity index (χ1v) is 6.47. The lowest BCUT2D eigenvalue weighted by Gasteiger charge is -2.26. The van der Waals surface area contributed by atoms with Gasteiger partial charge in [-0.15, -0.1) is 0 Å². The zero-order chi connectivity index (χ0) is 13.7. The standard InChI is InChI=1S/C14H18N2O3/c1-2-13(17)15-12-5-3-11(4-6-12)14(18)16-7-9-19-10-8-16/h3-6H,2,7-10H2,1H3,(H,15,17). The molecule has 2 rings (SSSR count). The van der Waals surface area contributed by atoms with Gasteiger partial charge in [0, 0.05) is 30.8 Å². The number of morpholine rings is 1. The average molecular weight is 262 g/mol. The maximum absolute atomic E-state index is 12.2. The van der Waals surface area contributed by atoms with Crippen molar-refractivity contribution >= 4 is 17.5 Å². The molecule has 0 spiro atoms. The van der Waals surface area contributed by atoms with Crippen molar-refractivity contribution < 1.29 is 14.3 Å². The monoisotopic (exact) mass is 262 g/mol. The van der Waals surface area contributed by atoms with Crippen LogP contribution in [0, 0.1) is 0 Å². The normalized spacial score (nSPS) is 15.1. The third-order valence-electron chi connectivity index (χ3n) is 3.04. The highest BCUT2D eigenvalue weighted by Crippen LogP contribution is 2.12. The van der Waals surface area contributed by atoms with Crippen molar-refractivity contribution in [2.75, 3.05) is 31.6 Å². The van der Waals surface area contributed by atoms with Crippen LogP contribution in [0.15, 0.2) is 24.3 Å². The first-order valence-electron chi connectivity index (χ1n) is 6.47. The molecule has 1 aliphatic heterocycles. The van der Waals surface area contributed by atoms with Gasteiger partial charge in [-0.1, -0.05) is 6.92 Å². The molecular weight excluding hydrogens is 244 g/mol. The highest BCUT2D eigenvalue weighted by molar-refractivity contribution is 5.95. The van der Waals surface area contributed by atoms with Gasteiger partial charge in [0.25, 0.3) is 5.91 Å². The van der Waals surface area contributed by atoms with Crippen molar-refractivity contribution in [3.05, 3.63) is 29.8 Å². The second kappa shape index (κ2) is 6.33. The molecule has 1 heterocycles. The lowest BCUT2D eigenvalue weighted by Crippen LogP contribution is -2.40. The molecule has 1 N–H and O–H groups in total. The average Bonchev–Trinajstić information content (AvgIpc) is 2.48. The molecule has 0 saturated carbocycles. The summed E-state index contributed by atoms with van der Waals surface area (Å²) in [5, 5.41) is 2.75. The van der Waals surface area contributed by atoms with E-state index in [-0.39, 0.29) is 11.8 Å². The molecule has 5 heteroatoms. The molecule has 0 aromatic heterocycles. The van der Waals surface area contributed by atoms with Crippen LogP contribution in [0.5, 0.6) is 0 Å². The smallest absolute Gasteiger partial charge is 0.254 e. The fourth-order valence-corrected chi connectivity index (χ4v) is 1.89. The van der Waals surface area contributed by atoms with E-state index in [2.05, 4.69) is 5.32 Å². The van der Waals surface area contributed by atoms with Crippen LogP contribution in [-0.4, -0.2) is 43.0 Å². The summed E-state index contributed by atoms with van der Waals surface area (Å²) in [5.41, 5.74) is 1.35. The predicted octanol–water partition coefficient (Wildman–Crippen LogP) is 1.51. The number of nitrogens with one attached hydrogen (secondary N) is 1. The Hall–Kier alpha value is -1.88. The van der Waals surface area contributed by atoms with Gasteiger partial charge in [-0.2, -0.15) is 0 Å². The number of amides is 2. The van der Waals surface area contributed by atoms with Gasteiger partial charge in [0.15, 0.2) is 0 Å². The Kier molecular flexibility index (Phi) is 4.52. The van der Waals surface area contributed by atoms with Crippen LogP contribution in [0.3, 0.4) is 0 Å². The van der Waals surface area contributed by atoms with Crippen molar-refractivity contribution in [1.29, 1.82) is 0 Å². The van der Waals surface area contributed by atoms with E-state index in [1.165, 1.54) is 0 Å². The summed E-state index contributed by atoms with van der Waals surface area (Å²) < 4.78 is 5.22. The van der Waals surface area contributed by atoms with E-state index >= 15 is 0 Å². The molecule has 1 aromatic carbocycles. The zero-order valence-electron chi connectivity index (χ0n) is 11.0. The lowest BCUT2D eigenvalue weighted by molar-refractivity contribution is -0.115. The number of carbonyl (C=O) groups excluding carboxylic acids is 2. The van der Waals surface area contributed by atoms with E-state index in [4.69, 9.17) is 4.74 Å². The van der Waals surface area contributed by atoms with Gasteiger partial charge < -0.3 is 15.0 Å². The molecule has 102 valence electrons. The molecule has 0 atom stereocenters. The second-order valence-corrected chi connectivity index (χ2v) is 4.38. The molecule has 1 aromatic rings. The van der Waals surface area contributed by atoms with E-state index in [9.17, 15) is 9.59 Å². The van der Waals surface area contributed by atoms with E-state index in [0.29, 0.717) is 44.0 Å². The Balaban J connectivity index is 2.01. The summed E-state index contributed by atoms with van der Waals surface area (Å²) in [6.07, 6.45) is 0.439. The molecule has 1 aliphatic rings. The predicted molar refractivity (Wildman–Crippen MR) is 72.1 cm³/mol. The van der Waals surface area contributed by atoms with Crippen LogP contribution < -0.4 is 5.32 Å². The molecule has 2 amide bonds. The highest BCUT2D eigenvalue weighted by Gasteiger charge is 2.18. The van der Waals surface area contributed by atoms with Crippen LogP contribution in [0.2, 0.25) is 0 Å². The Morgan fingerprint density at radius 2 is 1.84 bits per heavy atom. The van der Waals surface area contributed by atoms with E-state index in [1.807, 2.05) is 0 Å². The number of benzene rings is 1. The van der Waals surface area contributed by atoms with Crippen molar-refractivity contribution in [2.45, 2.75) is 13.3 Å². The molecule has 1 fully saturated rings. The minimum absolute atomic E-state index is 0.0108. The van der Waals surface area contributed by atoms with E-state index in [0.717, 1.165) is 0 Å². The first-order chi connectivity index (χ1) is 9.20. The first kappa shape index (κ1) is 13.5. The summed E-state index contributed by atoms with van der Waals surface area (Å²) in [7, 11) is 0. The van der Waals surface area contributed by atoms with Crippen LogP contribution in [-0.2, 0) is 9.53 Å². The molecule has 5 nitrogen and oxygen atoms in total. The summed E-state index contributed by atoms with van der Waals surface area (Å²) in [4.78, 5) is 25.2. The number of carbonyl (C=O) groups is 2. The van der Waals surface area contributed by atoms with Crippen molar-refractivity contribution in [3.63, 3.8) is 0 Å². The fourth-order valence-electron chi connectivity index (χ4n) is 1.89. The van der Waals surface area contributed by atoms with Crippen LogP contribution in [0.25, 0.3) is 0 Å². The third-order valence-corrected chi connectivity index (χ3v) is 3.04. The van der Waals surface area contributed by atoms with Gasteiger partial charge in [0.2, 0.25) is 5.91 Å². The SMILES string of the molecule is CCC(=O)Nc1ccc(C(=O)N2CCOCC2)cc1. The number of rotatable bonds is 3. The molecule has 1 saturated heterocycles. The number of hydrogen-bond donors (Lipinski definition) is 1. The van der Waals surface area contributed by atoms with Crippen molar-refractivity contribution in [2.24, 2.45) is 0 Å². The molecule has 0 aliphatic carbocycles. The highest BCUT2D eigenvalue weighted by atomic mass is 16.5. The van der Waals surface area contributed by atoms with Crippen LogP contribution in [0.4, 0.5) is 5.69 Å². The quantitative estimate of drug-likeness (QED) is 0.898. The largest absolute Gasteiger partial charge is 0.378 e. The van der Waals surface area contributed by atoms with Gasteiger partial charge in [-0.3, -0.25) is 9.59 Å². The molecule has 0 radical (unpaired) electrons. The Bertz CT molecular complexity index is 450. The molecular formula is C14H18N2O3. The van der Waals surface area contributed by atoms with Gasteiger partial charge in [-0.05, 0) is 24.3 Å². The van der Waals surface area contributed by atoms with E-state index in [1.54, 1.807) is 36.1 Å². The summed E-state index contributed by atoms with van der Waals surface area (Å²) >= 11 is 0. The lowest BCUT2D eigenvalue weighted by atomic mass is 10.1. The molecule has 0 bridgehead atoms. The van der Waals surface area contributed by atoms with Gasteiger partial charge in [0.1, 0.15) is 0 Å². The molecule has 19 heavy (non-hydrogen) atoms. The Labute approximate surface area is 112 Å². The Morgan fingerprint density at radius 1 is 1.21 bits per heavy atom.